The van der Waals surface area contributed by atoms with E-state index in [4.69, 9.17) is 0 Å². The summed E-state index contributed by atoms with van der Waals surface area (Å²) in [7, 11) is 0. The Balaban J connectivity index is 1.87. The Morgan fingerprint density at radius 2 is 2.32 bits per heavy atom. The summed E-state index contributed by atoms with van der Waals surface area (Å²) in [4.78, 5) is 8.31. The van der Waals surface area contributed by atoms with E-state index in [1.807, 2.05) is 6.07 Å². The fraction of sp³-hybridized carbons (Fsp3) is 0.250. The summed E-state index contributed by atoms with van der Waals surface area (Å²) in [5.41, 5.74) is 1.84. The van der Waals surface area contributed by atoms with Crippen molar-refractivity contribution in [3.63, 3.8) is 0 Å². The molecule has 1 saturated carbocycles. The molecule has 0 atom stereocenters. The molecule has 1 aliphatic carbocycles. The summed E-state index contributed by atoms with van der Waals surface area (Å²) in [5.74, 6) is 4.81. The predicted molar refractivity (Wildman–Crippen MR) is 79.4 cm³/mol. The Morgan fingerprint density at radius 3 is 3.05 bits per heavy atom. The smallest absolute Gasteiger partial charge is 0.198 e. The maximum Gasteiger partial charge on any atom is 0.198 e. The van der Waals surface area contributed by atoms with E-state index < -0.39 is 0 Å². The number of anilines is 2. The van der Waals surface area contributed by atoms with Gasteiger partial charge >= 0.3 is 0 Å². The van der Waals surface area contributed by atoms with E-state index in [0.717, 1.165) is 11.5 Å². The Bertz CT molecular complexity index is 668. The average molecular weight is 336 g/mol. The zero-order chi connectivity index (χ0) is 13.2. The first-order valence-corrected chi connectivity index (χ1v) is 7.00. The molecule has 0 aliphatic heterocycles. The lowest BCUT2D eigenvalue weighted by Crippen LogP contribution is -1.99. The van der Waals surface area contributed by atoms with Crippen molar-refractivity contribution in [2.24, 2.45) is 0 Å². The summed E-state index contributed by atoms with van der Waals surface area (Å²) in [6.45, 7) is 0. The lowest BCUT2D eigenvalue weighted by atomic mass is 10.3. The summed E-state index contributed by atoms with van der Waals surface area (Å²) in [5, 5.41) is 12.9. The van der Waals surface area contributed by atoms with Crippen LogP contribution in [0.15, 0.2) is 17.0 Å². The highest BCUT2D eigenvalue weighted by atomic mass is 79.9. The molecular formula is C12H10BrN5S. The van der Waals surface area contributed by atoms with Crippen LogP contribution in [0.3, 0.4) is 0 Å². The second kappa shape index (κ2) is 5.23. The van der Waals surface area contributed by atoms with Crippen LogP contribution in [0.5, 0.6) is 0 Å². The quantitative estimate of drug-likeness (QED) is 0.458. The normalized spacial score (nSPS) is 13.8. The first-order chi connectivity index (χ1) is 9.26. The lowest BCUT2D eigenvalue weighted by Gasteiger charge is -2.04. The fourth-order valence-corrected chi connectivity index (χ4v) is 2.13. The van der Waals surface area contributed by atoms with Crippen LogP contribution in [0, 0.1) is 11.2 Å². The number of thiol groups is 1. The van der Waals surface area contributed by atoms with Crippen LogP contribution < -0.4 is 5.32 Å². The molecule has 0 amide bonds. The van der Waals surface area contributed by atoms with Crippen molar-refractivity contribution in [1.82, 2.24) is 20.2 Å². The number of nitrogens with one attached hydrogen (secondary N) is 2. The number of aromatic amines is 1. The molecule has 19 heavy (non-hydrogen) atoms. The van der Waals surface area contributed by atoms with Crippen molar-refractivity contribution in [2.45, 2.75) is 18.8 Å². The lowest BCUT2D eigenvalue weighted by molar-refractivity contribution is 0.966. The standard InChI is InChI=1S/C12H10BrN5S/c13-12-14-6-8(3-4-19)11(16-12)15-10-5-9(17-18-10)7-1-2-7/h5-7,19H,1-2H2,(H2,14,15,16,17,18). The molecule has 0 unspecified atom stereocenters. The van der Waals surface area contributed by atoms with Crippen LogP contribution in [0.25, 0.3) is 0 Å². The monoisotopic (exact) mass is 335 g/mol. The molecule has 0 saturated heterocycles. The van der Waals surface area contributed by atoms with Gasteiger partial charge in [-0.15, -0.1) is 0 Å². The molecule has 0 bridgehead atoms. The van der Waals surface area contributed by atoms with Crippen LogP contribution in [0.1, 0.15) is 30.0 Å². The van der Waals surface area contributed by atoms with Gasteiger partial charge in [0.25, 0.3) is 0 Å². The van der Waals surface area contributed by atoms with E-state index in [1.54, 1.807) is 6.20 Å². The Labute approximate surface area is 124 Å². The Kier molecular flexibility index (Phi) is 3.44. The van der Waals surface area contributed by atoms with Gasteiger partial charge in [-0.2, -0.15) is 5.10 Å². The predicted octanol–water partition coefficient (Wildman–Crippen LogP) is 2.82. The van der Waals surface area contributed by atoms with E-state index in [2.05, 4.69) is 65.2 Å². The molecule has 2 aromatic rings. The van der Waals surface area contributed by atoms with Crippen LogP contribution in [0.4, 0.5) is 11.6 Å². The van der Waals surface area contributed by atoms with Gasteiger partial charge in [-0.05, 0) is 39.9 Å². The molecule has 2 N–H and O–H groups in total. The van der Waals surface area contributed by atoms with Gasteiger partial charge in [-0.1, -0.05) is 12.6 Å². The molecule has 2 aromatic heterocycles. The van der Waals surface area contributed by atoms with Gasteiger partial charge in [-0.25, -0.2) is 9.97 Å². The molecule has 2 heterocycles. The van der Waals surface area contributed by atoms with E-state index in [0.29, 0.717) is 22.0 Å². The number of hydrogen-bond donors (Lipinski definition) is 3. The summed E-state index contributed by atoms with van der Waals surface area (Å²) >= 11 is 7.13. The summed E-state index contributed by atoms with van der Waals surface area (Å²) < 4.78 is 0.498. The molecule has 5 nitrogen and oxygen atoms in total. The maximum atomic E-state index is 4.26. The number of hydrogen-bond acceptors (Lipinski definition) is 5. The maximum absolute atomic E-state index is 4.26. The molecule has 3 rings (SSSR count). The number of halogens is 1. The number of H-pyrrole nitrogens is 1. The van der Waals surface area contributed by atoms with Gasteiger partial charge in [0, 0.05) is 23.9 Å². The number of rotatable bonds is 3. The van der Waals surface area contributed by atoms with Gasteiger partial charge in [0.15, 0.2) is 16.4 Å². The number of nitrogens with zero attached hydrogens (tertiary/aromatic N) is 3. The van der Waals surface area contributed by atoms with Crippen molar-refractivity contribution in [1.29, 1.82) is 0 Å². The highest BCUT2D eigenvalue weighted by Crippen LogP contribution is 2.39. The molecule has 1 fully saturated rings. The highest BCUT2D eigenvalue weighted by molar-refractivity contribution is 9.10. The molecular weight excluding hydrogens is 326 g/mol. The van der Waals surface area contributed by atoms with E-state index in [-0.39, 0.29) is 0 Å². The topological polar surface area (TPSA) is 66.5 Å². The highest BCUT2D eigenvalue weighted by Gasteiger charge is 2.25. The van der Waals surface area contributed by atoms with E-state index in [9.17, 15) is 0 Å². The third kappa shape index (κ3) is 2.91. The largest absolute Gasteiger partial charge is 0.322 e. The van der Waals surface area contributed by atoms with Gasteiger partial charge in [0.05, 0.1) is 5.56 Å². The first kappa shape index (κ1) is 12.5. The summed E-state index contributed by atoms with van der Waals surface area (Å²) in [6, 6.07) is 2.01. The van der Waals surface area contributed by atoms with E-state index in [1.165, 1.54) is 12.8 Å². The summed E-state index contributed by atoms with van der Waals surface area (Å²) in [6.07, 6.45) is 4.10. The zero-order valence-electron chi connectivity index (χ0n) is 9.81. The van der Waals surface area contributed by atoms with Crippen molar-refractivity contribution in [3.05, 3.63) is 28.3 Å². The minimum Gasteiger partial charge on any atom is -0.322 e. The number of aromatic nitrogens is 4. The molecule has 1 aliphatic rings. The second-order valence-electron chi connectivity index (χ2n) is 4.25. The minimum absolute atomic E-state index is 0.498. The average Bonchev–Trinajstić information content (AvgIpc) is 3.14. The van der Waals surface area contributed by atoms with E-state index >= 15 is 0 Å². The van der Waals surface area contributed by atoms with Gasteiger partial charge in [0.2, 0.25) is 0 Å². The van der Waals surface area contributed by atoms with Crippen LogP contribution in [0.2, 0.25) is 0 Å². The van der Waals surface area contributed by atoms with Crippen LogP contribution >= 0.6 is 28.6 Å². The van der Waals surface area contributed by atoms with Crippen LogP contribution in [-0.2, 0) is 0 Å². The van der Waals surface area contributed by atoms with Gasteiger partial charge in [-0.3, -0.25) is 5.10 Å². The SMILES string of the molecule is SC#Cc1cnc(Br)nc1Nc1cc(C2CC2)[nH]n1. The molecule has 0 spiro atoms. The van der Waals surface area contributed by atoms with Crippen molar-refractivity contribution < 1.29 is 0 Å². The molecule has 96 valence electrons. The second-order valence-corrected chi connectivity index (χ2v) is 5.18. The van der Waals surface area contributed by atoms with Crippen molar-refractivity contribution >= 4 is 40.2 Å². The molecule has 0 aromatic carbocycles. The molecule has 7 heteroatoms. The molecule has 0 radical (unpaired) electrons. The third-order valence-electron chi connectivity index (χ3n) is 2.81. The minimum atomic E-state index is 0.498. The zero-order valence-corrected chi connectivity index (χ0v) is 12.3. The van der Waals surface area contributed by atoms with Crippen molar-refractivity contribution in [3.8, 4) is 11.2 Å². The Hall–Kier alpha value is -1.52. The van der Waals surface area contributed by atoms with Crippen molar-refractivity contribution in [2.75, 3.05) is 5.32 Å². The first-order valence-electron chi connectivity index (χ1n) is 5.76. The third-order valence-corrected chi connectivity index (χ3v) is 3.31. The van der Waals surface area contributed by atoms with Crippen LogP contribution in [-0.4, -0.2) is 20.2 Å². The fourth-order valence-electron chi connectivity index (χ4n) is 1.73. The van der Waals surface area contributed by atoms with Gasteiger partial charge < -0.3 is 5.32 Å². The van der Waals surface area contributed by atoms with Gasteiger partial charge in [0.1, 0.15) is 0 Å². The Morgan fingerprint density at radius 1 is 1.47 bits per heavy atom.